The maximum Gasteiger partial charge on any atom is 0.222 e. The van der Waals surface area contributed by atoms with Crippen LogP contribution in [0, 0.1) is 0 Å². The molecule has 126 valence electrons. The van der Waals surface area contributed by atoms with Crippen LogP contribution in [-0.4, -0.2) is 40.5 Å². The van der Waals surface area contributed by atoms with E-state index in [1.165, 1.54) is 0 Å². The van der Waals surface area contributed by atoms with Crippen LogP contribution in [0.3, 0.4) is 0 Å². The number of amides is 2. The lowest BCUT2D eigenvalue weighted by Gasteiger charge is -2.38. The van der Waals surface area contributed by atoms with Crippen molar-refractivity contribution < 1.29 is 14.7 Å². The van der Waals surface area contributed by atoms with Crippen molar-refractivity contribution in [2.24, 2.45) is 5.73 Å². The molecule has 1 aromatic rings. The Bertz CT molecular complexity index is 609. The number of hydrogen-bond donors (Lipinski definition) is 2. The topological polar surface area (TPSA) is 83.6 Å². The Kier molecular flexibility index (Phi) is 5.89. The van der Waals surface area contributed by atoms with E-state index in [9.17, 15) is 14.7 Å². The Hall–Kier alpha value is -1.30. The molecule has 0 saturated carbocycles. The lowest BCUT2D eigenvalue weighted by molar-refractivity contribution is -0.141. The monoisotopic (exact) mass is 358 g/mol. The van der Waals surface area contributed by atoms with Crippen molar-refractivity contribution in [2.45, 2.75) is 37.7 Å². The van der Waals surface area contributed by atoms with Crippen LogP contribution >= 0.6 is 23.2 Å². The van der Waals surface area contributed by atoms with Gasteiger partial charge in [0, 0.05) is 19.5 Å². The number of rotatable bonds is 5. The molecule has 1 saturated heterocycles. The van der Waals surface area contributed by atoms with Gasteiger partial charge < -0.3 is 15.7 Å². The first-order valence-electron chi connectivity index (χ1n) is 7.51. The third-order valence-corrected chi connectivity index (χ3v) is 4.76. The number of nitrogens with two attached hydrogens (primary N) is 1. The van der Waals surface area contributed by atoms with Crippen molar-refractivity contribution in [3.8, 4) is 0 Å². The average Bonchev–Trinajstić information content (AvgIpc) is 2.47. The predicted octanol–water partition coefficient (Wildman–Crippen LogP) is 2.15. The van der Waals surface area contributed by atoms with Crippen molar-refractivity contribution >= 4 is 35.0 Å². The zero-order valence-electron chi connectivity index (χ0n) is 12.7. The summed E-state index contributed by atoms with van der Waals surface area (Å²) < 4.78 is 0. The molecule has 1 atom stereocenters. The molecular formula is C16H20Cl2N2O3. The molecule has 1 aliphatic heterocycles. The Balaban J connectivity index is 1.92. The molecule has 0 aliphatic carbocycles. The van der Waals surface area contributed by atoms with Gasteiger partial charge in [0.2, 0.25) is 11.8 Å². The fourth-order valence-electron chi connectivity index (χ4n) is 2.90. The second-order valence-electron chi connectivity index (χ2n) is 6.03. The number of carbonyl (C=O) groups excluding carboxylic acids is 2. The highest BCUT2D eigenvalue weighted by molar-refractivity contribution is 6.42. The first-order valence-corrected chi connectivity index (χ1v) is 8.27. The summed E-state index contributed by atoms with van der Waals surface area (Å²) in [5, 5.41) is 11.3. The van der Waals surface area contributed by atoms with Gasteiger partial charge in [-0.3, -0.25) is 9.59 Å². The van der Waals surface area contributed by atoms with Gasteiger partial charge in [-0.1, -0.05) is 29.3 Å². The van der Waals surface area contributed by atoms with E-state index in [0.717, 1.165) is 5.56 Å². The van der Waals surface area contributed by atoms with Gasteiger partial charge in [0.1, 0.15) is 0 Å². The maximum atomic E-state index is 12.3. The molecule has 3 N–H and O–H groups in total. The molecule has 0 radical (unpaired) electrons. The number of aliphatic hydroxyl groups is 1. The highest BCUT2D eigenvalue weighted by Crippen LogP contribution is 2.26. The van der Waals surface area contributed by atoms with Gasteiger partial charge in [0.15, 0.2) is 0 Å². The van der Waals surface area contributed by atoms with Gasteiger partial charge in [0.05, 0.1) is 22.1 Å². The van der Waals surface area contributed by atoms with Gasteiger partial charge in [-0.15, -0.1) is 0 Å². The SMILES string of the molecule is NC(=O)CC1(O)CCCN(C(=O)CCc2ccc(Cl)c(Cl)c2)C1. The fourth-order valence-corrected chi connectivity index (χ4v) is 3.22. The molecular weight excluding hydrogens is 339 g/mol. The zero-order chi connectivity index (χ0) is 17.0. The Morgan fingerprint density at radius 1 is 1.30 bits per heavy atom. The largest absolute Gasteiger partial charge is 0.388 e. The minimum Gasteiger partial charge on any atom is -0.388 e. The Morgan fingerprint density at radius 2 is 2.04 bits per heavy atom. The molecule has 1 fully saturated rings. The van der Waals surface area contributed by atoms with Gasteiger partial charge in [-0.05, 0) is 37.0 Å². The lowest BCUT2D eigenvalue weighted by atomic mass is 9.89. The van der Waals surface area contributed by atoms with Gasteiger partial charge >= 0.3 is 0 Å². The van der Waals surface area contributed by atoms with Crippen molar-refractivity contribution in [2.75, 3.05) is 13.1 Å². The summed E-state index contributed by atoms with van der Waals surface area (Å²) >= 11 is 11.8. The molecule has 2 rings (SSSR count). The Morgan fingerprint density at radius 3 is 2.70 bits per heavy atom. The third-order valence-electron chi connectivity index (χ3n) is 4.02. The number of piperidine rings is 1. The minimum atomic E-state index is -1.21. The highest BCUT2D eigenvalue weighted by Gasteiger charge is 2.36. The molecule has 2 amide bonds. The van der Waals surface area contributed by atoms with Crippen LogP contribution < -0.4 is 5.73 Å². The van der Waals surface area contributed by atoms with Gasteiger partial charge in [-0.25, -0.2) is 0 Å². The minimum absolute atomic E-state index is 0.0568. The van der Waals surface area contributed by atoms with Crippen molar-refractivity contribution in [3.05, 3.63) is 33.8 Å². The standard InChI is InChI=1S/C16H20Cl2N2O3/c17-12-4-2-11(8-13(12)18)3-5-15(22)20-7-1-6-16(23,10-20)9-14(19)21/h2,4,8,23H,1,3,5-7,9-10H2,(H2,19,21). The van der Waals surface area contributed by atoms with Crippen LogP contribution in [0.2, 0.25) is 10.0 Å². The molecule has 5 nitrogen and oxygen atoms in total. The van der Waals surface area contributed by atoms with Crippen molar-refractivity contribution in [1.29, 1.82) is 0 Å². The number of aryl methyl sites for hydroxylation is 1. The first kappa shape index (κ1) is 18.0. The zero-order valence-corrected chi connectivity index (χ0v) is 14.2. The van der Waals surface area contributed by atoms with E-state index in [2.05, 4.69) is 0 Å². The molecule has 1 heterocycles. The molecule has 0 bridgehead atoms. The first-order chi connectivity index (χ1) is 10.8. The number of hydrogen-bond acceptors (Lipinski definition) is 3. The molecule has 0 aromatic heterocycles. The van der Waals surface area contributed by atoms with E-state index in [0.29, 0.717) is 42.3 Å². The number of likely N-dealkylation sites (tertiary alicyclic amines) is 1. The van der Waals surface area contributed by atoms with Gasteiger partial charge in [0.25, 0.3) is 0 Å². The van der Waals surface area contributed by atoms with Crippen LogP contribution in [0.25, 0.3) is 0 Å². The molecule has 1 aliphatic rings. The molecule has 0 spiro atoms. The molecule has 23 heavy (non-hydrogen) atoms. The highest BCUT2D eigenvalue weighted by atomic mass is 35.5. The van der Waals surface area contributed by atoms with Crippen molar-refractivity contribution in [1.82, 2.24) is 4.90 Å². The number of carbonyl (C=O) groups is 2. The summed E-state index contributed by atoms with van der Waals surface area (Å²) in [6.07, 6.45) is 1.86. The van der Waals surface area contributed by atoms with Crippen LogP contribution in [0.4, 0.5) is 0 Å². The number of halogens is 2. The summed E-state index contributed by atoms with van der Waals surface area (Å²) in [4.78, 5) is 25.0. The fraction of sp³-hybridized carbons (Fsp3) is 0.500. The van der Waals surface area contributed by atoms with Crippen LogP contribution in [0.1, 0.15) is 31.2 Å². The summed E-state index contributed by atoms with van der Waals surface area (Å²) in [7, 11) is 0. The van der Waals surface area contributed by atoms with E-state index in [1.807, 2.05) is 6.07 Å². The second-order valence-corrected chi connectivity index (χ2v) is 6.85. The molecule has 1 aromatic carbocycles. The van der Waals surface area contributed by atoms with Crippen molar-refractivity contribution in [3.63, 3.8) is 0 Å². The number of benzene rings is 1. The number of β-amino-alcohol motifs (C(OH)–C–C–N with tert-alkyl or cyclic N) is 1. The summed E-state index contributed by atoms with van der Waals surface area (Å²) in [5.74, 6) is -0.615. The molecule has 1 unspecified atom stereocenters. The Labute approximate surface area is 145 Å². The predicted molar refractivity (Wildman–Crippen MR) is 89.4 cm³/mol. The second kappa shape index (κ2) is 7.51. The smallest absolute Gasteiger partial charge is 0.222 e. The van der Waals surface area contributed by atoms with E-state index in [-0.39, 0.29) is 18.9 Å². The summed E-state index contributed by atoms with van der Waals surface area (Å²) in [5.41, 5.74) is 4.89. The van der Waals surface area contributed by atoms with Crippen LogP contribution in [-0.2, 0) is 16.0 Å². The number of nitrogens with zero attached hydrogens (tertiary/aromatic N) is 1. The normalized spacial score (nSPS) is 21.3. The number of primary amides is 1. The van der Waals surface area contributed by atoms with E-state index < -0.39 is 11.5 Å². The van der Waals surface area contributed by atoms with E-state index in [4.69, 9.17) is 28.9 Å². The van der Waals surface area contributed by atoms with Crippen LogP contribution in [0.15, 0.2) is 18.2 Å². The van der Waals surface area contributed by atoms with E-state index >= 15 is 0 Å². The van der Waals surface area contributed by atoms with E-state index in [1.54, 1.807) is 17.0 Å². The quantitative estimate of drug-likeness (QED) is 0.845. The average molecular weight is 359 g/mol. The lowest BCUT2D eigenvalue weighted by Crippen LogP contribution is -2.51. The summed E-state index contributed by atoms with van der Waals surface area (Å²) in [6, 6.07) is 5.29. The maximum absolute atomic E-state index is 12.3. The summed E-state index contributed by atoms with van der Waals surface area (Å²) in [6.45, 7) is 0.734. The van der Waals surface area contributed by atoms with Crippen LogP contribution in [0.5, 0.6) is 0 Å². The van der Waals surface area contributed by atoms with Gasteiger partial charge in [-0.2, -0.15) is 0 Å². The molecule has 7 heteroatoms. The third kappa shape index (κ3) is 5.09.